The number of amides is 2. The standard InChI is InChI=1S/C21H23BrN2O4/c1-27-18-4-2-3-5-19(18)28-14-21(26)24(17-10-11-17)13-12-20(25)23-16-8-6-15(22)7-9-16/h2-9,17H,10-14H2,1H3,(H,23,25). The molecule has 0 radical (unpaired) electrons. The van der Waals surface area contributed by atoms with Crippen LogP contribution in [-0.2, 0) is 9.59 Å². The largest absolute Gasteiger partial charge is 0.493 e. The van der Waals surface area contributed by atoms with Gasteiger partial charge in [0.15, 0.2) is 18.1 Å². The van der Waals surface area contributed by atoms with Crippen molar-refractivity contribution in [2.24, 2.45) is 0 Å². The summed E-state index contributed by atoms with van der Waals surface area (Å²) in [5, 5.41) is 2.85. The Labute approximate surface area is 172 Å². The number of hydrogen-bond donors (Lipinski definition) is 1. The van der Waals surface area contributed by atoms with Gasteiger partial charge >= 0.3 is 0 Å². The first-order chi connectivity index (χ1) is 13.6. The van der Waals surface area contributed by atoms with E-state index in [-0.39, 0.29) is 30.9 Å². The molecule has 0 atom stereocenters. The molecule has 1 saturated carbocycles. The molecule has 2 aromatic rings. The van der Waals surface area contributed by atoms with E-state index in [4.69, 9.17) is 9.47 Å². The summed E-state index contributed by atoms with van der Waals surface area (Å²) in [6.07, 6.45) is 2.18. The van der Waals surface area contributed by atoms with E-state index in [2.05, 4.69) is 21.2 Å². The van der Waals surface area contributed by atoms with Crippen molar-refractivity contribution in [2.45, 2.75) is 25.3 Å². The first kappa shape index (κ1) is 20.2. The number of rotatable bonds is 9. The second kappa shape index (κ2) is 9.59. The van der Waals surface area contributed by atoms with Gasteiger partial charge < -0.3 is 19.7 Å². The number of carbonyl (C=O) groups is 2. The van der Waals surface area contributed by atoms with Crippen molar-refractivity contribution < 1.29 is 19.1 Å². The van der Waals surface area contributed by atoms with Gasteiger partial charge in [-0.1, -0.05) is 28.1 Å². The molecule has 0 unspecified atom stereocenters. The van der Waals surface area contributed by atoms with Gasteiger partial charge in [-0.15, -0.1) is 0 Å². The monoisotopic (exact) mass is 446 g/mol. The predicted molar refractivity (Wildman–Crippen MR) is 111 cm³/mol. The van der Waals surface area contributed by atoms with Crippen LogP contribution in [-0.4, -0.2) is 43.0 Å². The van der Waals surface area contributed by atoms with Crippen LogP contribution in [0.2, 0.25) is 0 Å². The molecule has 0 aliphatic heterocycles. The van der Waals surface area contributed by atoms with Gasteiger partial charge in [-0.3, -0.25) is 9.59 Å². The molecule has 0 heterocycles. The Kier molecular flexibility index (Phi) is 6.92. The van der Waals surface area contributed by atoms with Crippen molar-refractivity contribution in [2.75, 3.05) is 25.6 Å². The van der Waals surface area contributed by atoms with Crippen molar-refractivity contribution in [3.63, 3.8) is 0 Å². The molecule has 1 fully saturated rings. The zero-order valence-electron chi connectivity index (χ0n) is 15.7. The van der Waals surface area contributed by atoms with Crippen molar-refractivity contribution in [3.8, 4) is 11.5 Å². The third-order valence-electron chi connectivity index (χ3n) is 4.44. The van der Waals surface area contributed by atoms with Crippen LogP contribution in [0.3, 0.4) is 0 Å². The summed E-state index contributed by atoms with van der Waals surface area (Å²) in [5.74, 6) is 0.875. The molecule has 1 aliphatic rings. The van der Waals surface area contributed by atoms with Crippen LogP contribution < -0.4 is 14.8 Å². The molecule has 0 bridgehead atoms. The topological polar surface area (TPSA) is 67.9 Å². The van der Waals surface area contributed by atoms with Gasteiger partial charge in [-0.25, -0.2) is 0 Å². The van der Waals surface area contributed by atoms with E-state index >= 15 is 0 Å². The maximum absolute atomic E-state index is 12.6. The second-order valence-corrected chi connectivity index (χ2v) is 7.48. The summed E-state index contributed by atoms with van der Waals surface area (Å²) in [7, 11) is 1.56. The number of hydrogen-bond acceptors (Lipinski definition) is 4. The third kappa shape index (κ3) is 5.73. The summed E-state index contributed by atoms with van der Waals surface area (Å²) < 4.78 is 11.8. The van der Waals surface area contributed by atoms with Crippen LogP contribution in [0.15, 0.2) is 53.0 Å². The van der Waals surface area contributed by atoms with Crippen molar-refractivity contribution >= 4 is 33.4 Å². The molecule has 148 valence electrons. The Bertz CT molecular complexity index is 821. The number of nitrogens with zero attached hydrogens (tertiary/aromatic N) is 1. The smallest absolute Gasteiger partial charge is 0.260 e. The highest BCUT2D eigenvalue weighted by Crippen LogP contribution is 2.29. The molecule has 3 rings (SSSR count). The highest BCUT2D eigenvalue weighted by molar-refractivity contribution is 9.10. The predicted octanol–water partition coefficient (Wildman–Crippen LogP) is 3.86. The summed E-state index contributed by atoms with van der Waals surface area (Å²) >= 11 is 3.36. The van der Waals surface area contributed by atoms with E-state index in [1.807, 2.05) is 36.4 Å². The maximum atomic E-state index is 12.6. The minimum Gasteiger partial charge on any atom is -0.493 e. The van der Waals surface area contributed by atoms with Crippen LogP contribution >= 0.6 is 15.9 Å². The molecule has 2 amide bonds. The van der Waals surface area contributed by atoms with E-state index in [1.54, 1.807) is 24.1 Å². The van der Waals surface area contributed by atoms with E-state index in [9.17, 15) is 9.59 Å². The Hall–Kier alpha value is -2.54. The van der Waals surface area contributed by atoms with Crippen molar-refractivity contribution in [1.29, 1.82) is 0 Å². The molecule has 0 aromatic heterocycles. The molecular weight excluding hydrogens is 424 g/mol. The fourth-order valence-corrected chi connectivity index (χ4v) is 3.10. The lowest BCUT2D eigenvalue weighted by atomic mass is 10.3. The first-order valence-corrected chi connectivity index (χ1v) is 9.97. The Morgan fingerprint density at radius 2 is 1.79 bits per heavy atom. The second-order valence-electron chi connectivity index (χ2n) is 6.56. The molecule has 0 saturated heterocycles. The van der Waals surface area contributed by atoms with Gasteiger partial charge in [0, 0.05) is 29.2 Å². The number of benzene rings is 2. The SMILES string of the molecule is COc1ccccc1OCC(=O)N(CCC(=O)Nc1ccc(Br)cc1)C1CC1. The average Bonchev–Trinajstić information content (AvgIpc) is 3.53. The normalized spacial score (nSPS) is 12.9. The lowest BCUT2D eigenvalue weighted by Gasteiger charge is -2.22. The maximum Gasteiger partial charge on any atom is 0.260 e. The molecule has 7 heteroatoms. The summed E-state index contributed by atoms with van der Waals surface area (Å²) in [6.45, 7) is 0.298. The zero-order chi connectivity index (χ0) is 19.9. The number of ether oxygens (including phenoxy) is 2. The van der Waals surface area contributed by atoms with Gasteiger partial charge in [0.25, 0.3) is 5.91 Å². The van der Waals surface area contributed by atoms with Gasteiger partial charge in [0.1, 0.15) is 0 Å². The fourth-order valence-electron chi connectivity index (χ4n) is 2.84. The van der Waals surface area contributed by atoms with Gasteiger partial charge in [0.05, 0.1) is 7.11 Å². The van der Waals surface area contributed by atoms with Gasteiger partial charge in [0.2, 0.25) is 5.91 Å². The Morgan fingerprint density at radius 1 is 1.11 bits per heavy atom. The zero-order valence-corrected chi connectivity index (χ0v) is 17.3. The van der Waals surface area contributed by atoms with E-state index in [0.29, 0.717) is 18.0 Å². The van der Waals surface area contributed by atoms with E-state index < -0.39 is 0 Å². The lowest BCUT2D eigenvalue weighted by Crippen LogP contribution is -2.38. The molecule has 2 aromatic carbocycles. The summed E-state index contributed by atoms with van der Waals surface area (Å²) in [4.78, 5) is 26.6. The number of carbonyl (C=O) groups excluding carboxylic acids is 2. The molecule has 0 spiro atoms. The average molecular weight is 447 g/mol. The highest BCUT2D eigenvalue weighted by atomic mass is 79.9. The van der Waals surface area contributed by atoms with Crippen LogP contribution in [0.25, 0.3) is 0 Å². The number of nitrogens with one attached hydrogen (secondary N) is 1. The minimum absolute atomic E-state index is 0.0782. The number of para-hydroxylation sites is 2. The van der Waals surface area contributed by atoms with Gasteiger partial charge in [-0.05, 0) is 49.2 Å². The Morgan fingerprint density at radius 3 is 2.43 bits per heavy atom. The third-order valence-corrected chi connectivity index (χ3v) is 4.96. The molecule has 1 aliphatic carbocycles. The van der Waals surface area contributed by atoms with Crippen LogP contribution in [0.4, 0.5) is 5.69 Å². The number of methoxy groups -OCH3 is 1. The summed E-state index contributed by atoms with van der Waals surface area (Å²) in [6, 6.07) is 14.8. The number of anilines is 1. The Balaban J connectivity index is 1.51. The first-order valence-electron chi connectivity index (χ1n) is 9.17. The van der Waals surface area contributed by atoms with E-state index in [1.165, 1.54) is 0 Å². The highest BCUT2D eigenvalue weighted by Gasteiger charge is 2.32. The summed E-state index contributed by atoms with van der Waals surface area (Å²) in [5.41, 5.74) is 0.733. The van der Waals surface area contributed by atoms with Crippen molar-refractivity contribution in [1.82, 2.24) is 4.90 Å². The lowest BCUT2D eigenvalue weighted by molar-refractivity contribution is -0.134. The molecular formula is C21H23BrN2O4. The fraction of sp³-hybridized carbons (Fsp3) is 0.333. The van der Waals surface area contributed by atoms with Crippen LogP contribution in [0.1, 0.15) is 19.3 Å². The quantitative estimate of drug-likeness (QED) is 0.634. The van der Waals surface area contributed by atoms with Crippen LogP contribution in [0.5, 0.6) is 11.5 Å². The van der Waals surface area contributed by atoms with Crippen LogP contribution in [0, 0.1) is 0 Å². The molecule has 6 nitrogen and oxygen atoms in total. The molecule has 28 heavy (non-hydrogen) atoms. The van der Waals surface area contributed by atoms with E-state index in [0.717, 1.165) is 23.0 Å². The molecule has 1 N–H and O–H groups in total. The van der Waals surface area contributed by atoms with Gasteiger partial charge in [-0.2, -0.15) is 0 Å². The minimum atomic E-state index is -0.121. The number of halogens is 1. The van der Waals surface area contributed by atoms with Crippen molar-refractivity contribution in [3.05, 3.63) is 53.0 Å².